The fourth-order valence-corrected chi connectivity index (χ4v) is 3.53. The number of aryl methyl sites for hydroxylation is 1. The van der Waals surface area contributed by atoms with Gasteiger partial charge in [0.1, 0.15) is 17.5 Å². The molecule has 2 N–H and O–H groups in total. The van der Waals surface area contributed by atoms with Gasteiger partial charge in [0.15, 0.2) is 5.82 Å². The normalized spacial score (nSPS) is 10.6. The molecule has 7 heteroatoms. The Hall–Kier alpha value is -4.65. The monoisotopic (exact) mass is 448 g/mol. The molecule has 5 rings (SSSR count). The lowest BCUT2D eigenvalue weighted by Gasteiger charge is -2.11. The summed E-state index contributed by atoms with van der Waals surface area (Å²) < 4.78 is 13.1. The van der Waals surface area contributed by atoms with Crippen LogP contribution in [0.1, 0.15) is 5.82 Å². The summed E-state index contributed by atoms with van der Waals surface area (Å²) in [4.78, 5) is 9.08. The van der Waals surface area contributed by atoms with Crippen LogP contribution in [0.2, 0.25) is 0 Å². The lowest BCUT2D eigenvalue weighted by Crippen LogP contribution is -2.00. The Morgan fingerprint density at radius 1 is 0.588 bits per heavy atom. The Morgan fingerprint density at radius 3 is 2.00 bits per heavy atom. The maximum absolute atomic E-state index is 13.1. The number of nitrogens with zero attached hydrogens (tertiary/aromatic N) is 4. The van der Waals surface area contributed by atoms with Crippen molar-refractivity contribution in [2.24, 2.45) is 0 Å². The van der Waals surface area contributed by atoms with Gasteiger partial charge in [0.25, 0.3) is 0 Å². The first-order valence-corrected chi connectivity index (χ1v) is 10.8. The SMILES string of the molecule is Cc1nc(Nc2cccc(Nc3ccc(-c4ccc(F)cc4)nn3)c2)cc(-c2ccccc2)n1. The van der Waals surface area contributed by atoms with Gasteiger partial charge < -0.3 is 10.6 Å². The van der Waals surface area contributed by atoms with E-state index in [9.17, 15) is 4.39 Å². The summed E-state index contributed by atoms with van der Waals surface area (Å²) in [5.74, 6) is 1.73. The van der Waals surface area contributed by atoms with Crippen molar-refractivity contribution >= 4 is 23.0 Å². The quantitative estimate of drug-likeness (QED) is 0.307. The highest BCUT2D eigenvalue weighted by Gasteiger charge is 2.06. The molecule has 0 amide bonds. The molecule has 0 spiro atoms. The Balaban J connectivity index is 1.31. The molecule has 0 bridgehead atoms. The Bertz CT molecular complexity index is 1400. The van der Waals surface area contributed by atoms with Crippen molar-refractivity contribution in [2.75, 3.05) is 10.6 Å². The van der Waals surface area contributed by atoms with Crippen molar-refractivity contribution < 1.29 is 4.39 Å². The van der Waals surface area contributed by atoms with Crippen molar-refractivity contribution in [3.8, 4) is 22.5 Å². The molecule has 0 saturated heterocycles. The molecule has 0 aliphatic heterocycles. The van der Waals surface area contributed by atoms with E-state index in [0.29, 0.717) is 23.2 Å². The lowest BCUT2D eigenvalue weighted by atomic mass is 10.1. The zero-order valence-electron chi connectivity index (χ0n) is 18.4. The molecule has 0 atom stereocenters. The van der Waals surface area contributed by atoms with Crippen LogP contribution in [-0.4, -0.2) is 20.2 Å². The number of benzene rings is 3. The highest BCUT2D eigenvalue weighted by molar-refractivity contribution is 5.69. The fraction of sp³-hybridized carbons (Fsp3) is 0.0370. The fourth-order valence-electron chi connectivity index (χ4n) is 3.53. The van der Waals surface area contributed by atoms with Crippen molar-refractivity contribution in [1.82, 2.24) is 20.2 Å². The largest absolute Gasteiger partial charge is 0.340 e. The Morgan fingerprint density at radius 2 is 1.29 bits per heavy atom. The van der Waals surface area contributed by atoms with E-state index in [2.05, 4.69) is 30.8 Å². The minimum absolute atomic E-state index is 0.281. The second-order valence-electron chi connectivity index (χ2n) is 7.69. The number of hydrogen-bond donors (Lipinski definition) is 2. The molecule has 5 aromatic rings. The summed E-state index contributed by atoms with van der Waals surface area (Å²) in [6.45, 7) is 1.88. The highest BCUT2D eigenvalue weighted by atomic mass is 19.1. The van der Waals surface area contributed by atoms with Gasteiger partial charge in [-0.05, 0) is 61.5 Å². The van der Waals surface area contributed by atoms with E-state index in [1.54, 1.807) is 12.1 Å². The van der Waals surface area contributed by atoms with Gasteiger partial charge in [-0.25, -0.2) is 14.4 Å². The molecule has 34 heavy (non-hydrogen) atoms. The number of hydrogen-bond acceptors (Lipinski definition) is 6. The van der Waals surface area contributed by atoms with Gasteiger partial charge in [0.2, 0.25) is 0 Å². The molecule has 0 fully saturated rings. The number of nitrogens with one attached hydrogen (secondary N) is 2. The van der Waals surface area contributed by atoms with E-state index < -0.39 is 0 Å². The summed E-state index contributed by atoms with van der Waals surface area (Å²) >= 11 is 0. The maximum Gasteiger partial charge on any atom is 0.153 e. The van der Waals surface area contributed by atoms with Crippen LogP contribution in [0.15, 0.2) is 97.1 Å². The highest BCUT2D eigenvalue weighted by Crippen LogP contribution is 2.25. The van der Waals surface area contributed by atoms with Gasteiger partial charge in [-0.3, -0.25) is 0 Å². The van der Waals surface area contributed by atoms with Gasteiger partial charge in [-0.2, -0.15) is 0 Å². The van der Waals surface area contributed by atoms with Crippen molar-refractivity contribution in [1.29, 1.82) is 0 Å². The van der Waals surface area contributed by atoms with Crippen LogP contribution in [-0.2, 0) is 0 Å². The number of halogens is 1. The Kier molecular flexibility index (Phi) is 5.90. The predicted octanol–water partition coefficient (Wildman–Crippen LogP) is 6.54. The van der Waals surface area contributed by atoms with Gasteiger partial charge >= 0.3 is 0 Å². The summed E-state index contributed by atoms with van der Waals surface area (Å²) in [5, 5.41) is 15.1. The average Bonchev–Trinajstić information content (AvgIpc) is 2.85. The molecule has 2 aromatic heterocycles. The van der Waals surface area contributed by atoms with E-state index in [-0.39, 0.29) is 5.82 Å². The summed E-state index contributed by atoms with van der Waals surface area (Å²) in [5.41, 5.74) is 5.10. The minimum Gasteiger partial charge on any atom is -0.340 e. The van der Waals surface area contributed by atoms with Crippen LogP contribution in [0.4, 0.5) is 27.4 Å². The molecule has 3 aromatic carbocycles. The van der Waals surface area contributed by atoms with Crippen LogP contribution >= 0.6 is 0 Å². The molecule has 2 heterocycles. The van der Waals surface area contributed by atoms with Crippen molar-refractivity contribution in [2.45, 2.75) is 6.92 Å². The zero-order chi connectivity index (χ0) is 23.3. The van der Waals surface area contributed by atoms with E-state index in [0.717, 1.165) is 28.2 Å². The summed E-state index contributed by atoms with van der Waals surface area (Å²) in [6.07, 6.45) is 0. The van der Waals surface area contributed by atoms with Crippen LogP contribution in [0.25, 0.3) is 22.5 Å². The van der Waals surface area contributed by atoms with Gasteiger partial charge in [0.05, 0.1) is 11.4 Å². The molecule has 0 saturated carbocycles. The first-order chi connectivity index (χ1) is 16.6. The van der Waals surface area contributed by atoms with E-state index in [4.69, 9.17) is 0 Å². The zero-order valence-corrected chi connectivity index (χ0v) is 18.4. The van der Waals surface area contributed by atoms with Gasteiger partial charge in [-0.1, -0.05) is 36.4 Å². The number of rotatable bonds is 6. The molecular weight excluding hydrogens is 427 g/mol. The average molecular weight is 449 g/mol. The first kappa shape index (κ1) is 21.2. The molecule has 0 aliphatic rings. The van der Waals surface area contributed by atoms with Crippen LogP contribution in [0.5, 0.6) is 0 Å². The summed E-state index contributed by atoms with van der Waals surface area (Å²) in [6, 6.07) is 29.6. The summed E-state index contributed by atoms with van der Waals surface area (Å²) in [7, 11) is 0. The standard InChI is InChI=1S/C27H21FN6/c1-18-29-25(19-6-3-2-4-7-19)17-27(30-18)32-23-9-5-8-22(16-23)31-26-15-14-24(33-34-26)20-10-12-21(28)13-11-20/h2-17H,1H3,(H,31,34)(H,29,30,32). The third kappa shape index (κ3) is 5.05. The number of aromatic nitrogens is 4. The molecule has 166 valence electrons. The van der Waals surface area contributed by atoms with Gasteiger partial charge in [0, 0.05) is 28.6 Å². The lowest BCUT2D eigenvalue weighted by molar-refractivity contribution is 0.628. The smallest absolute Gasteiger partial charge is 0.153 e. The Labute approximate surface area is 196 Å². The van der Waals surface area contributed by atoms with Crippen molar-refractivity contribution in [3.05, 3.63) is 109 Å². The second-order valence-corrected chi connectivity index (χ2v) is 7.69. The van der Waals surface area contributed by atoms with E-state index >= 15 is 0 Å². The molecule has 0 radical (unpaired) electrons. The minimum atomic E-state index is -0.281. The first-order valence-electron chi connectivity index (χ1n) is 10.8. The molecule has 6 nitrogen and oxygen atoms in total. The van der Waals surface area contributed by atoms with E-state index in [1.807, 2.05) is 79.7 Å². The molecule has 0 aliphatic carbocycles. The van der Waals surface area contributed by atoms with Crippen LogP contribution in [0, 0.1) is 12.7 Å². The predicted molar refractivity (Wildman–Crippen MR) is 133 cm³/mol. The molecular formula is C27H21FN6. The second kappa shape index (κ2) is 9.46. The van der Waals surface area contributed by atoms with Crippen molar-refractivity contribution in [3.63, 3.8) is 0 Å². The third-order valence-corrected chi connectivity index (χ3v) is 5.12. The maximum atomic E-state index is 13.1. The third-order valence-electron chi connectivity index (χ3n) is 5.12. The van der Waals surface area contributed by atoms with Gasteiger partial charge in [-0.15, -0.1) is 10.2 Å². The van der Waals surface area contributed by atoms with Crippen LogP contribution < -0.4 is 10.6 Å². The topological polar surface area (TPSA) is 75.6 Å². The van der Waals surface area contributed by atoms with E-state index in [1.165, 1.54) is 12.1 Å². The molecule has 0 unspecified atom stereocenters. The number of anilines is 4. The van der Waals surface area contributed by atoms with Crippen LogP contribution in [0.3, 0.4) is 0 Å².